The number of rotatable bonds is 12. The molecule has 0 aliphatic heterocycles. The lowest BCUT2D eigenvalue weighted by molar-refractivity contribution is 0.129. The van der Waals surface area contributed by atoms with Crippen molar-refractivity contribution in [3.8, 4) is 17.6 Å². The Labute approximate surface area is 222 Å². The van der Waals surface area contributed by atoms with E-state index in [1.165, 1.54) is 6.20 Å². The highest BCUT2D eigenvalue weighted by atomic mass is 16.5. The van der Waals surface area contributed by atoms with Gasteiger partial charge in [0.05, 0.1) is 34.8 Å². The molecule has 0 aliphatic rings. The summed E-state index contributed by atoms with van der Waals surface area (Å²) in [6.07, 6.45) is 6.13. The Hall–Kier alpha value is -4.55. The van der Waals surface area contributed by atoms with E-state index in [1.54, 1.807) is 10.7 Å². The highest BCUT2D eigenvalue weighted by Crippen LogP contribution is 2.33. The molecule has 0 spiro atoms. The number of ether oxygens (including phenoxy) is 2. The number of fused-ring (bicyclic) bond motifs is 1. The highest BCUT2D eigenvalue weighted by molar-refractivity contribution is 5.94. The predicted molar refractivity (Wildman–Crippen MR) is 148 cm³/mol. The van der Waals surface area contributed by atoms with E-state index in [1.807, 2.05) is 61.5 Å². The normalized spacial score (nSPS) is 10.7. The fourth-order valence-corrected chi connectivity index (χ4v) is 3.89. The Bertz CT molecular complexity index is 1390. The molecule has 4 aromatic rings. The molecule has 0 radical (unpaired) electrons. The molecule has 196 valence electrons. The SMILES string of the molecule is CCCCOCCCNC(=O)Nc1cn2ncc(C#N)c(Nc3ccc(Oc4ccccc4)cc3)c2c1C. The van der Waals surface area contributed by atoms with E-state index >= 15 is 0 Å². The lowest BCUT2D eigenvalue weighted by atomic mass is 10.1. The largest absolute Gasteiger partial charge is 0.457 e. The van der Waals surface area contributed by atoms with Crippen LogP contribution in [0.3, 0.4) is 0 Å². The van der Waals surface area contributed by atoms with Crippen LogP contribution in [-0.2, 0) is 4.74 Å². The summed E-state index contributed by atoms with van der Waals surface area (Å²) in [5.74, 6) is 1.45. The number of hydrogen-bond acceptors (Lipinski definition) is 6. The predicted octanol–water partition coefficient (Wildman–Crippen LogP) is 6.38. The Morgan fingerprint density at radius 3 is 2.53 bits per heavy atom. The molecule has 0 saturated carbocycles. The van der Waals surface area contributed by atoms with Gasteiger partial charge in [0.25, 0.3) is 0 Å². The van der Waals surface area contributed by atoms with Gasteiger partial charge in [-0.1, -0.05) is 31.5 Å². The smallest absolute Gasteiger partial charge is 0.319 e. The third kappa shape index (κ3) is 6.81. The molecule has 0 atom stereocenters. The Morgan fingerprint density at radius 2 is 1.79 bits per heavy atom. The minimum Gasteiger partial charge on any atom is -0.457 e. The summed E-state index contributed by atoms with van der Waals surface area (Å²) in [7, 11) is 0. The van der Waals surface area contributed by atoms with Crippen molar-refractivity contribution in [2.75, 3.05) is 30.4 Å². The van der Waals surface area contributed by atoms with Crippen molar-refractivity contribution >= 4 is 28.6 Å². The van der Waals surface area contributed by atoms with Gasteiger partial charge in [0.1, 0.15) is 17.6 Å². The monoisotopic (exact) mass is 512 g/mol. The molecule has 4 rings (SSSR count). The lowest BCUT2D eigenvalue weighted by Gasteiger charge is -2.12. The van der Waals surface area contributed by atoms with E-state index in [9.17, 15) is 10.1 Å². The van der Waals surface area contributed by atoms with Crippen molar-refractivity contribution in [3.05, 3.63) is 78.1 Å². The van der Waals surface area contributed by atoms with Gasteiger partial charge in [-0.15, -0.1) is 0 Å². The van der Waals surface area contributed by atoms with E-state index < -0.39 is 0 Å². The number of hydrogen-bond donors (Lipinski definition) is 3. The number of benzene rings is 2. The van der Waals surface area contributed by atoms with Crippen LogP contribution in [-0.4, -0.2) is 35.4 Å². The van der Waals surface area contributed by atoms with Gasteiger partial charge in [-0.25, -0.2) is 9.31 Å². The van der Waals surface area contributed by atoms with Gasteiger partial charge in [-0.05, 0) is 56.2 Å². The number of urea groups is 1. The molecule has 2 aromatic carbocycles. The van der Waals surface area contributed by atoms with Crippen LogP contribution in [0.1, 0.15) is 37.3 Å². The van der Waals surface area contributed by atoms with Crippen molar-refractivity contribution in [2.24, 2.45) is 0 Å². The Kier molecular flexibility index (Phi) is 9.16. The summed E-state index contributed by atoms with van der Waals surface area (Å²) in [5, 5.41) is 23.2. The first kappa shape index (κ1) is 26.5. The number of amides is 2. The second-order valence-corrected chi connectivity index (χ2v) is 8.77. The number of aromatic nitrogens is 2. The number of anilines is 3. The first-order valence-corrected chi connectivity index (χ1v) is 12.7. The third-order valence-electron chi connectivity index (χ3n) is 5.92. The highest BCUT2D eigenvalue weighted by Gasteiger charge is 2.17. The summed E-state index contributed by atoms with van der Waals surface area (Å²) >= 11 is 0. The summed E-state index contributed by atoms with van der Waals surface area (Å²) in [5.41, 5.74) is 3.88. The second-order valence-electron chi connectivity index (χ2n) is 8.77. The van der Waals surface area contributed by atoms with Crippen LogP contribution in [0.5, 0.6) is 11.5 Å². The average Bonchev–Trinajstić information content (AvgIpc) is 3.25. The van der Waals surface area contributed by atoms with Crippen LogP contribution in [0.2, 0.25) is 0 Å². The van der Waals surface area contributed by atoms with Crippen molar-refractivity contribution in [2.45, 2.75) is 33.1 Å². The zero-order valence-corrected chi connectivity index (χ0v) is 21.7. The lowest BCUT2D eigenvalue weighted by Crippen LogP contribution is -2.30. The standard InChI is InChI=1S/C29H32N6O3/c1-3-4-16-37-17-8-15-31-29(36)34-26-20-35-28(21(26)2)27(22(18-30)19-32-35)33-23-11-13-25(14-12-23)38-24-9-6-5-7-10-24/h5-7,9-14,19-20,33H,3-4,8,15-17H2,1-2H3,(H2,31,34,36). The maximum atomic E-state index is 12.5. The number of carbonyl (C=O) groups excluding carboxylic acids is 1. The molecule has 9 nitrogen and oxygen atoms in total. The molecular formula is C29H32N6O3. The van der Waals surface area contributed by atoms with Crippen molar-refractivity contribution in [1.29, 1.82) is 5.26 Å². The van der Waals surface area contributed by atoms with E-state index in [2.05, 4.69) is 34.0 Å². The van der Waals surface area contributed by atoms with Gasteiger partial charge in [0.2, 0.25) is 0 Å². The number of para-hydroxylation sites is 1. The molecule has 3 N–H and O–H groups in total. The molecule has 0 bridgehead atoms. The Morgan fingerprint density at radius 1 is 1.05 bits per heavy atom. The molecule has 0 saturated heterocycles. The van der Waals surface area contributed by atoms with Gasteiger partial charge in [0.15, 0.2) is 0 Å². The van der Waals surface area contributed by atoms with E-state index in [0.29, 0.717) is 41.4 Å². The van der Waals surface area contributed by atoms with E-state index in [-0.39, 0.29) is 6.03 Å². The molecular weight excluding hydrogens is 480 g/mol. The fraction of sp³-hybridized carbons (Fsp3) is 0.276. The van der Waals surface area contributed by atoms with Crippen molar-refractivity contribution < 1.29 is 14.3 Å². The Balaban J connectivity index is 1.44. The number of nitriles is 1. The summed E-state index contributed by atoms with van der Waals surface area (Å²) in [6.45, 7) is 5.89. The average molecular weight is 513 g/mol. The summed E-state index contributed by atoms with van der Waals surface area (Å²) < 4.78 is 13.0. The molecule has 2 amide bonds. The topological polar surface area (TPSA) is 113 Å². The maximum absolute atomic E-state index is 12.5. The minimum atomic E-state index is -0.304. The van der Waals surface area contributed by atoms with Crippen LogP contribution in [0.15, 0.2) is 67.0 Å². The van der Waals surface area contributed by atoms with Gasteiger partial charge >= 0.3 is 6.03 Å². The first-order valence-electron chi connectivity index (χ1n) is 12.7. The number of carbonyl (C=O) groups is 1. The maximum Gasteiger partial charge on any atom is 0.319 e. The molecule has 2 heterocycles. The van der Waals surface area contributed by atoms with Crippen LogP contribution >= 0.6 is 0 Å². The van der Waals surface area contributed by atoms with Gasteiger partial charge in [0, 0.05) is 31.0 Å². The van der Waals surface area contributed by atoms with Crippen molar-refractivity contribution in [1.82, 2.24) is 14.9 Å². The van der Waals surface area contributed by atoms with E-state index in [4.69, 9.17) is 9.47 Å². The molecule has 38 heavy (non-hydrogen) atoms. The second kappa shape index (κ2) is 13.1. The summed E-state index contributed by atoms with van der Waals surface area (Å²) in [4.78, 5) is 12.5. The van der Waals surface area contributed by atoms with Crippen LogP contribution in [0.4, 0.5) is 21.9 Å². The van der Waals surface area contributed by atoms with Crippen LogP contribution < -0.4 is 20.7 Å². The van der Waals surface area contributed by atoms with Crippen molar-refractivity contribution in [3.63, 3.8) is 0 Å². The fourth-order valence-electron chi connectivity index (χ4n) is 3.89. The number of nitrogens with one attached hydrogen (secondary N) is 3. The van der Waals surface area contributed by atoms with Crippen LogP contribution in [0, 0.1) is 18.3 Å². The molecule has 9 heteroatoms. The van der Waals surface area contributed by atoms with Crippen LogP contribution in [0.25, 0.3) is 5.52 Å². The molecule has 0 aliphatic carbocycles. The van der Waals surface area contributed by atoms with Gasteiger partial charge < -0.3 is 25.4 Å². The minimum absolute atomic E-state index is 0.304. The van der Waals surface area contributed by atoms with E-state index in [0.717, 1.165) is 42.9 Å². The zero-order chi connectivity index (χ0) is 26.7. The number of aryl methyl sites for hydroxylation is 1. The number of unbranched alkanes of at least 4 members (excludes halogenated alkanes) is 1. The quantitative estimate of drug-likeness (QED) is 0.190. The molecule has 2 aromatic heterocycles. The third-order valence-corrected chi connectivity index (χ3v) is 5.92. The first-order chi connectivity index (χ1) is 18.6. The number of nitrogens with zero attached hydrogens (tertiary/aromatic N) is 3. The molecule has 0 unspecified atom stereocenters. The van der Waals surface area contributed by atoms with Gasteiger partial charge in [-0.2, -0.15) is 10.4 Å². The van der Waals surface area contributed by atoms with Gasteiger partial charge in [-0.3, -0.25) is 0 Å². The summed E-state index contributed by atoms with van der Waals surface area (Å²) in [6, 6.07) is 18.9. The molecule has 0 fully saturated rings. The zero-order valence-electron chi connectivity index (χ0n) is 21.7.